The van der Waals surface area contributed by atoms with E-state index in [4.69, 9.17) is 4.74 Å². The van der Waals surface area contributed by atoms with Crippen molar-refractivity contribution in [3.8, 4) is 17.1 Å². The van der Waals surface area contributed by atoms with Crippen LogP contribution in [-0.4, -0.2) is 51.2 Å². The highest BCUT2D eigenvalue weighted by atomic mass is 127. The molecule has 0 bridgehead atoms. The monoisotopic (exact) mass is 616 g/mol. The van der Waals surface area contributed by atoms with E-state index >= 15 is 0 Å². The highest BCUT2D eigenvalue weighted by Gasteiger charge is 2.27. The molecule has 0 N–H and O–H groups in total. The van der Waals surface area contributed by atoms with Crippen molar-refractivity contribution in [1.29, 1.82) is 0 Å². The molecule has 1 atom stereocenters. The molecule has 1 aliphatic rings. The van der Waals surface area contributed by atoms with Gasteiger partial charge in [0.25, 0.3) is 5.91 Å². The smallest absolute Gasteiger partial charge is 0.254 e. The van der Waals surface area contributed by atoms with Gasteiger partial charge in [-0.2, -0.15) is 0 Å². The average molecular weight is 616 g/mol. The molecule has 0 saturated carbocycles. The van der Waals surface area contributed by atoms with Gasteiger partial charge >= 0.3 is 0 Å². The Balaban J connectivity index is 0.000000479. The number of pyridine rings is 1. The molecule has 37 heavy (non-hydrogen) atoms. The SMILES string of the molecule is CC(=O)/C=C(/C)I.Cc1ccc(-c2cnccn2)c(C(=O)N2CCCC(COc3ccc(F)cn3)C2)c1. The molecule has 1 fully saturated rings. The minimum atomic E-state index is -0.395. The Morgan fingerprint density at radius 2 is 1.97 bits per heavy atom. The average Bonchev–Trinajstić information content (AvgIpc) is 2.88. The Bertz CT molecular complexity index is 1230. The van der Waals surface area contributed by atoms with Crippen molar-refractivity contribution in [1.82, 2.24) is 19.9 Å². The number of hydrogen-bond donors (Lipinski definition) is 0. The number of aromatic nitrogens is 3. The molecule has 2 aromatic heterocycles. The molecular weight excluding hydrogens is 586 g/mol. The zero-order valence-electron chi connectivity index (χ0n) is 21.2. The number of piperidine rings is 1. The molecule has 3 heterocycles. The van der Waals surface area contributed by atoms with E-state index in [2.05, 4.69) is 37.5 Å². The minimum Gasteiger partial charge on any atom is -0.477 e. The zero-order chi connectivity index (χ0) is 26.8. The molecule has 1 unspecified atom stereocenters. The van der Waals surface area contributed by atoms with Gasteiger partial charge in [-0.1, -0.05) is 17.7 Å². The first-order valence-electron chi connectivity index (χ1n) is 12.0. The Hall–Kier alpha value is -3.21. The molecule has 4 rings (SSSR count). The molecule has 1 aromatic carbocycles. The molecule has 1 saturated heterocycles. The van der Waals surface area contributed by atoms with Gasteiger partial charge in [-0.3, -0.25) is 19.6 Å². The van der Waals surface area contributed by atoms with Crippen molar-refractivity contribution in [2.24, 2.45) is 5.92 Å². The Labute approximate surface area is 230 Å². The van der Waals surface area contributed by atoms with Gasteiger partial charge in [0.05, 0.1) is 24.7 Å². The van der Waals surface area contributed by atoms with Crippen molar-refractivity contribution in [3.05, 3.63) is 81.7 Å². The van der Waals surface area contributed by atoms with Gasteiger partial charge in [0.2, 0.25) is 5.88 Å². The van der Waals surface area contributed by atoms with E-state index in [1.165, 1.54) is 12.1 Å². The number of rotatable bonds is 6. The highest BCUT2D eigenvalue weighted by Crippen LogP contribution is 2.26. The van der Waals surface area contributed by atoms with Crippen LogP contribution in [0.5, 0.6) is 5.88 Å². The minimum absolute atomic E-state index is 0.0102. The lowest BCUT2D eigenvalue weighted by Crippen LogP contribution is -2.41. The fraction of sp³-hybridized carbons (Fsp3) is 0.321. The summed E-state index contributed by atoms with van der Waals surface area (Å²) in [5, 5.41) is 0. The predicted molar refractivity (Wildman–Crippen MR) is 149 cm³/mol. The van der Waals surface area contributed by atoms with E-state index in [-0.39, 0.29) is 17.6 Å². The second-order valence-electron chi connectivity index (χ2n) is 8.87. The summed E-state index contributed by atoms with van der Waals surface area (Å²) in [4.78, 5) is 37.9. The summed E-state index contributed by atoms with van der Waals surface area (Å²) >= 11 is 2.10. The fourth-order valence-corrected chi connectivity index (χ4v) is 4.42. The van der Waals surface area contributed by atoms with Gasteiger partial charge in [0.1, 0.15) is 5.82 Å². The molecule has 9 heteroatoms. The summed E-state index contributed by atoms with van der Waals surface area (Å²) in [5.41, 5.74) is 3.12. The van der Waals surface area contributed by atoms with Crippen LogP contribution in [0, 0.1) is 18.7 Å². The van der Waals surface area contributed by atoms with Gasteiger partial charge in [-0.15, -0.1) is 0 Å². The quantitative estimate of drug-likeness (QED) is 0.256. The third kappa shape index (κ3) is 8.99. The number of nitrogens with zero attached hydrogens (tertiary/aromatic N) is 4. The van der Waals surface area contributed by atoms with Crippen molar-refractivity contribution < 1.29 is 18.7 Å². The first kappa shape index (κ1) is 28.4. The molecule has 0 aliphatic carbocycles. The summed E-state index contributed by atoms with van der Waals surface area (Å²) in [5.74, 6) is 0.299. The number of halogens is 2. The van der Waals surface area contributed by atoms with Crippen LogP contribution in [0.25, 0.3) is 11.3 Å². The number of amides is 1. The van der Waals surface area contributed by atoms with Gasteiger partial charge in [0.15, 0.2) is 5.78 Å². The Kier molecular flexibility index (Phi) is 10.7. The molecule has 3 aromatic rings. The van der Waals surface area contributed by atoms with E-state index < -0.39 is 5.82 Å². The maximum absolute atomic E-state index is 13.4. The summed E-state index contributed by atoms with van der Waals surface area (Å²) in [6, 6.07) is 8.65. The number of carbonyl (C=O) groups excluding carboxylic acids is 2. The van der Waals surface area contributed by atoms with Crippen LogP contribution in [0.15, 0.2) is 64.8 Å². The van der Waals surface area contributed by atoms with Crippen LogP contribution in [0.1, 0.15) is 42.6 Å². The first-order chi connectivity index (χ1) is 17.7. The van der Waals surface area contributed by atoms with Crippen molar-refractivity contribution in [2.75, 3.05) is 19.7 Å². The summed E-state index contributed by atoms with van der Waals surface area (Å²) in [6.45, 7) is 7.16. The molecule has 0 spiro atoms. The predicted octanol–water partition coefficient (Wildman–Crippen LogP) is 5.83. The zero-order valence-corrected chi connectivity index (χ0v) is 23.3. The topological polar surface area (TPSA) is 85.3 Å². The summed E-state index contributed by atoms with van der Waals surface area (Å²) < 4.78 is 19.7. The maximum atomic E-state index is 13.4. The van der Waals surface area contributed by atoms with Crippen LogP contribution in [-0.2, 0) is 4.79 Å². The lowest BCUT2D eigenvalue weighted by atomic mass is 9.96. The van der Waals surface area contributed by atoms with Crippen molar-refractivity contribution >= 4 is 34.3 Å². The van der Waals surface area contributed by atoms with E-state index in [0.717, 1.165) is 33.7 Å². The van der Waals surface area contributed by atoms with E-state index in [1.807, 2.05) is 36.9 Å². The van der Waals surface area contributed by atoms with Crippen LogP contribution < -0.4 is 4.74 Å². The molecular formula is C28H30FIN4O3. The second-order valence-corrected chi connectivity index (χ2v) is 10.6. The summed E-state index contributed by atoms with van der Waals surface area (Å²) in [7, 11) is 0. The third-order valence-corrected chi connectivity index (χ3v) is 5.93. The van der Waals surface area contributed by atoms with Gasteiger partial charge < -0.3 is 9.64 Å². The molecule has 0 radical (unpaired) electrons. The summed E-state index contributed by atoms with van der Waals surface area (Å²) in [6.07, 6.45) is 9.52. The first-order valence-corrected chi connectivity index (χ1v) is 13.1. The largest absolute Gasteiger partial charge is 0.477 e. The normalized spacial score (nSPS) is 15.4. The van der Waals surface area contributed by atoms with Crippen molar-refractivity contribution in [2.45, 2.75) is 33.6 Å². The number of allylic oxidation sites excluding steroid dienone is 2. The van der Waals surface area contributed by atoms with E-state index in [9.17, 15) is 14.0 Å². The van der Waals surface area contributed by atoms with Gasteiger partial charge in [-0.25, -0.2) is 9.37 Å². The maximum Gasteiger partial charge on any atom is 0.254 e. The molecule has 1 aliphatic heterocycles. The molecule has 1 amide bonds. The number of benzene rings is 1. The van der Waals surface area contributed by atoms with Crippen molar-refractivity contribution in [3.63, 3.8) is 0 Å². The number of aryl methyl sites for hydroxylation is 1. The Morgan fingerprint density at radius 3 is 2.59 bits per heavy atom. The molecule has 194 valence electrons. The van der Waals surface area contributed by atoms with Crippen LogP contribution in [0.3, 0.4) is 0 Å². The van der Waals surface area contributed by atoms with Crippen LogP contribution in [0.4, 0.5) is 4.39 Å². The Morgan fingerprint density at radius 1 is 1.16 bits per heavy atom. The fourth-order valence-electron chi connectivity index (χ4n) is 3.98. The second kappa shape index (κ2) is 13.9. The number of ether oxygens (including phenoxy) is 1. The highest BCUT2D eigenvalue weighted by molar-refractivity contribution is 14.1. The van der Waals surface area contributed by atoms with Gasteiger partial charge in [0, 0.05) is 48.6 Å². The van der Waals surface area contributed by atoms with Crippen LogP contribution >= 0.6 is 22.6 Å². The lowest BCUT2D eigenvalue weighted by Gasteiger charge is -2.33. The standard InChI is InChI=1S/C23H23FN4O2.C5H7IO/c1-16-4-6-19(21-13-25-8-9-26-21)20(11-16)23(29)28-10-2-3-17(14-28)15-30-22-7-5-18(24)12-27-22;1-4(6)3-5(2)7/h4-9,11-13,17H,2-3,10,14-15H2,1H3;3H,1-2H3/b;4-3-. The lowest BCUT2D eigenvalue weighted by molar-refractivity contribution is -0.112. The van der Waals surface area contributed by atoms with E-state index in [0.29, 0.717) is 36.8 Å². The number of carbonyl (C=O) groups is 2. The van der Waals surface area contributed by atoms with Crippen LogP contribution in [0.2, 0.25) is 0 Å². The third-order valence-electron chi connectivity index (χ3n) is 5.62. The van der Waals surface area contributed by atoms with Gasteiger partial charge in [-0.05, 0) is 78.0 Å². The number of hydrogen-bond acceptors (Lipinski definition) is 6. The van der Waals surface area contributed by atoms with E-state index in [1.54, 1.807) is 31.6 Å². The molecule has 7 nitrogen and oxygen atoms in total. The number of likely N-dealkylation sites (tertiary alicyclic amines) is 1. The number of ketones is 1.